The van der Waals surface area contributed by atoms with Crippen molar-refractivity contribution in [2.75, 3.05) is 39.5 Å². The van der Waals surface area contributed by atoms with Gasteiger partial charge in [-0.25, -0.2) is 0 Å². The zero-order valence-electron chi connectivity index (χ0n) is 8.11. The van der Waals surface area contributed by atoms with Gasteiger partial charge in [0, 0.05) is 25.6 Å². The molecule has 2 fully saturated rings. The summed E-state index contributed by atoms with van der Waals surface area (Å²) < 4.78 is 5.15. The lowest BCUT2D eigenvalue weighted by Crippen LogP contribution is -2.44. The van der Waals surface area contributed by atoms with E-state index in [4.69, 9.17) is 9.84 Å². The van der Waals surface area contributed by atoms with Gasteiger partial charge in [0.2, 0.25) is 0 Å². The first-order valence-electron chi connectivity index (χ1n) is 5.29. The van der Waals surface area contributed by atoms with E-state index in [1.165, 1.54) is 25.9 Å². The van der Waals surface area contributed by atoms with E-state index in [1.54, 1.807) is 0 Å². The number of aliphatic hydroxyl groups is 1. The number of hydrogen-bond donors (Lipinski definition) is 1. The minimum Gasteiger partial charge on any atom is -0.396 e. The molecule has 2 rings (SSSR count). The van der Waals surface area contributed by atoms with Crippen LogP contribution in [0.5, 0.6) is 0 Å². The number of rotatable bonds is 3. The fraction of sp³-hybridized carbons (Fsp3) is 1.00. The van der Waals surface area contributed by atoms with Gasteiger partial charge in [0.05, 0.1) is 13.2 Å². The highest BCUT2D eigenvalue weighted by Gasteiger charge is 2.25. The second-order valence-corrected chi connectivity index (χ2v) is 4.35. The second kappa shape index (κ2) is 4.40. The largest absolute Gasteiger partial charge is 0.396 e. The topological polar surface area (TPSA) is 32.7 Å². The van der Waals surface area contributed by atoms with E-state index < -0.39 is 0 Å². The molecule has 0 aromatic rings. The number of ether oxygens (including phenoxy) is 1. The molecule has 2 saturated heterocycles. The first kappa shape index (κ1) is 9.44. The Kier molecular flexibility index (Phi) is 3.19. The van der Waals surface area contributed by atoms with Crippen molar-refractivity contribution in [2.24, 2.45) is 11.8 Å². The molecule has 1 atom stereocenters. The lowest BCUT2D eigenvalue weighted by atomic mass is 9.97. The van der Waals surface area contributed by atoms with Crippen LogP contribution in [-0.2, 0) is 4.74 Å². The highest BCUT2D eigenvalue weighted by molar-refractivity contribution is 4.76. The molecule has 0 bridgehead atoms. The van der Waals surface area contributed by atoms with Crippen molar-refractivity contribution < 1.29 is 9.84 Å². The van der Waals surface area contributed by atoms with Crippen LogP contribution < -0.4 is 0 Å². The van der Waals surface area contributed by atoms with Gasteiger partial charge in [0.1, 0.15) is 0 Å². The molecule has 0 aliphatic carbocycles. The molecule has 0 radical (unpaired) electrons. The summed E-state index contributed by atoms with van der Waals surface area (Å²) in [6.07, 6.45) is 2.45. The molecule has 2 heterocycles. The van der Waals surface area contributed by atoms with Gasteiger partial charge in [-0.1, -0.05) is 0 Å². The van der Waals surface area contributed by atoms with Gasteiger partial charge in [0.25, 0.3) is 0 Å². The Hall–Kier alpha value is -0.120. The summed E-state index contributed by atoms with van der Waals surface area (Å²) in [4.78, 5) is 2.48. The van der Waals surface area contributed by atoms with E-state index in [2.05, 4.69) is 4.90 Å². The summed E-state index contributed by atoms with van der Waals surface area (Å²) >= 11 is 0. The van der Waals surface area contributed by atoms with Crippen LogP contribution in [0.2, 0.25) is 0 Å². The number of hydrogen-bond acceptors (Lipinski definition) is 3. The average Bonchev–Trinajstić information content (AvgIpc) is 2.12. The Morgan fingerprint density at radius 3 is 2.77 bits per heavy atom. The molecule has 0 saturated carbocycles. The molecule has 76 valence electrons. The van der Waals surface area contributed by atoms with Crippen molar-refractivity contribution >= 4 is 0 Å². The van der Waals surface area contributed by atoms with E-state index in [0.717, 1.165) is 25.7 Å². The molecule has 3 nitrogen and oxygen atoms in total. The van der Waals surface area contributed by atoms with Gasteiger partial charge in [-0.2, -0.15) is 0 Å². The van der Waals surface area contributed by atoms with E-state index in [9.17, 15) is 0 Å². The molecule has 0 aromatic heterocycles. The van der Waals surface area contributed by atoms with Crippen LogP contribution in [0.3, 0.4) is 0 Å². The third-order valence-electron chi connectivity index (χ3n) is 3.08. The lowest BCUT2D eigenvalue weighted by molar-refractivity contribution is -0.0518. The number of piperidine rings is 1. The van der Waals surface area contributed by atoms with Gasteiger partial charge in [-0.3, -0.25) is 0 Å². The molecule has 3 heteroatoms. The quantitative estimate of drug-likeness (QED) is 0.688. The number of aliphatic hydroxyl groups excluding tert-OH is 1. The summed E-state index contributed by atoms with van der Waals surface area (Å²) in [5.74, 6) is 1.28. The summed E-state index contributed by atoms with van der Waals surface area (Å²) in [5.41, 5.74) is 0. The molecule has 1 N–H and O–H groups in total. The maximum absolute atomic E-state index is 9.06. The van der Waals surface area contributed by atoms with E-state index >= 15 is 0 Å². The molecular weight excluding hydrogens is 166 g/mol. The highest BCUT2D eigenvalue weighted by Crippen LogP contribution is 2.19. The van der Waals surface area contributed by atoms with Crippen molar-refractivity contribution in [3.05, 3.63) is 0 Å². The summed E-state index contributed by atoms with van der Waals surface area (Å²) in [5, 5.41) is 9.06. The molecule has 2 aliphatic rings. The van der Waals surface area contributed by atoms with Crippen molar-refractivity contribution in [1.82, 2.24) is 4.90 Å². The summed E-state index contributed by atoms with van der Waals surface area (Å²) in [6.45, 7) is 5.73. The lowest BCUT2D eigenvalue weighted by Gasteiger charge is -2.36. The second-order valence-electron chi connectivity index (χ2n) is 4.35. The van der Waals surface area contributed by atoms with Gasteiger partial charge < -0.3 is 14.7 Å². The minimum absolute atomic E-state index is 0.359. The van der Waals surface area contributed by atoms with Crippen molar-refractivity contribution in [3.63, 3.8) is 0 Å². The standard InChI is InChI=1S/C10H19NO2/c12-6-9-2-1-3-11(4-9)5-10-7-13-8-10/h9-10,12H,1-8H2. The fourth-order valence-electron chi connectivity index (χ4n) is 2.22. The number of nitrogens with zero attached hydrogens (tertiary/aromatic N) is 1. The summed E-state index contributed by atoms with van der Waals surface area (Å²) in [7, 11) is 0. The van der Waals surface area contributed by atoms with Gasteiger partial charge in [-0.05, 0) is 25.3 Å². The SMILES string of the molecule is OCC1CCCN(CC2COC2)C1. The monoisotopic (exact) mass is 185 g/mol. The van der Waals surface area contributed by atoms with Gasteiger partial charge in [0.15, 0.2) is 0 Å². The smallest absolute Gasteiger partial charge is 0.0528 e. The Labute approximate surface area is 79.7 Å². The van der Waals surface area contributed by atoms with Crippen LogP contribution in [0.1, 0.15) is 12.8 Å². The van der Waals surface area contributed by atoms with Crippen molar-refractivity contribution in [3.8, 4) is 0 Å². The number of likely N-dealkylation sites (tertiary alicyclic amines) is 1. The van der Waals surface area contributed by atoms with Crippen LogP contribution in [0, 0.1) is 11.8 Å². The molecule has 0 amide bonds. The van der Waals surface area contributed by atoms with E-state index in [1.807, 2.05) is 0 Å². The first-order chi connectivity index (χ1) is 6.38. The highest BCUT2D eigenvalue weighted by atomic mass is 16.5. The zero-order chi connectivity index (χ0) is 9.10. The minimum atomic E-state index is 0.359. The third-order valence-corrected chi connectivity index (χ3v) is 3.08. The van der Waals surface area contributed by atoms with Crippen LogP contribution >= 0.6 is 0 Å². The maximum atomic E-state index is 9.06. The average molecular weight is 185 g/mol. The van der Waals surface area contributed by atoms with Crippen LogP contribution in [-0.4, -0.2) is 49.5 Å². The Morgan fingerprint density at radius 2 is 2.15 bits per heavy atom. The molecule has 0 spiro atoms. The van der Waals surface area contributed by atoms with E-state index in [0.29, 0.717) is 12.5 Å². The normalized spacial score (nSPS) is 31.6. The first-order valence-corrected chi connectivity index (χ1v) is 5.29. The molecule has 2 aliphatic heterocycles. The van der Waals surface area contributed by atoms with Gasteiger partial charge >= 0.3 is 0 Å². The molecule has 0 aromatic carbocycles. The van der Waals surface area contributed by atoms with Crippen LogP contribution in [0.15, 0.2) is 0 Å². The zero-order valence-corrected chi connectivity index (χ0v) is 8.11. The maximum Gasteiger partial charge on any atom is 0.0528 e. The Morgan fingerprint density at radius 1 is 1.31 bits per heavy atom. The fourth-order valence-corrected chi connectivity index (χ4v) is 2.22. The molecule has 1 unspecified atom stereocenters. The third kappa shape index (κ3) is 2.42. The van der Waals surface area contributed by atoms with Crippen molar-refractivity contribution in [1.29, 1.82) is 0 Å². The predicted molar refractivity (Wildman–Crippen MR) is 50.6 cm³/mol. The Balaban J connectivity index is 1.71. The predicted octanol–water partition coefficient (Wildman–Crippen LogP) is 0.337. The van der Waals surface area contributed by atoms with Crippen molar-refractivity contribution in [2.45, 2.75) is 12.8 Å². The van der Waals surface area contributed by atoms with Crippen LogP contribution in [0.4, 0.5) is 0 Å². The van der Waals surface area contributed by atoms with Crippen LogP contribution in [0.25, 0.3) is 0 Å². The molecule has 13 heavy (non-hydrogen) atoms. The Bertz CT molecular complexity index is 157. The van der Waals surface area contributed by atoms with E-state index in [-0.39, 0.29) is 0 Å². The summed E-state index contributed by atoms with van der Waals surface area (Å²) in [6, 6.07) is 0. The molecular formula is C10H19NO2. The van der Waals surface area contributed by atoms with Gasteiger partial charge in [-0.15, -0.1) is 0 Å².